The number of aromatic nitrogens is 2. The summed E-state index contributed by atoms with van der Waals surface area (Å²) >= 11 is 0.984. The van der Waals surface area contributed by atoms with E-state index >= 15 is 0 Å². The minimum Gasteiger partial charge on any atom is -0.497 e. The van der Waals surface area contributed by atoms with Crippen molar-refractivity contribution in [2.45, 2.75) is 6.42 Å². The molecule has 11 nitrogen and oxygen atoms in total. The molecule has 40 heavy (non-hydrogen) atoms. The Balaban J connectivity index is 1.93. The van der Waals surface area contributed by atoms with Gasteiger partial charge in [-0.2, -0.15) is 8.75 Å². The van der Waals surface area contributed by atoms with Gasteiger partial charge in [0.2, 0.25) is 0 Å². The third-order valence-corrected chi connectivity index (χ3v) is 6.53. The molecule has 0 aliphatic rings. The lowest BCUT2D eigenvalue weighted by molar-refractivity contribution is -0.139. The van der Waals surface area contributed by atoms with E-state index in [1.165, 1.54) is 39.5 Å². The fourth-order valence-corrected chi connectivity index (χ4v) is 4.59. The Bertz CT molecular complexity index is 1630. The van der Waals surface area contributed by atoms with Gasteiger partial charge in [0.05, 0.1) is 38.6 Å². The lowest BCUT2D eigenvalue weighted by atomic mass is 9.89. The van der Waals surface area contributed by atoms with Crippen molar-refractivity contribution in [1.29, 1.82) is 0 Å². The van der Waals surface area contributed by atoms with E-state index < -0.39 is 24.3 Å². The van der Waals surface area contributed by atoms with Crippen LogP contribution in [-0.4, -0.2) is 64.6 Å². The highest BCUT2D eigenvalue weighted by molar-refractivity contribution is 7.00. The van der Waals surface area contributed by atoms with Crippen molar-refractivity contribution < 1.29 is 43.5 Å². The third-order valence-electron chi connectivity index (χ3n) is 5.97. The zero-order chi connectivity index (χ0) is 28.8. The maximum Gasteiger partial charge on any atom is 0.341 e. The van der Waals surface area contributed by atoms with Crippen LogP contribution < -0.4 is 18.9 Å². The number of carboxylic acids is 2. The number of hydrogen-bond donors (Lipinski definition) is 2. The molecule has 1 aromatic heterocycles. The van der Waals surface area contributed by atoms with E-state index in [9.17, 15) is 19.5 Å². The van der Waals surface area contributed by atoms with Gasteiger partial charge in [-0.15, -0.1) is 0 Å². The minimum absolute atomic E-state index is 0.0763. The van der Waals surface area contributed by atoms with E-state index in [-0.39, 0.29) is 40.2 Å². The van der Waals surface area contributed by atoms with Gasteiger partial charge in [-0.25, -0.2) is 9.59 Å². The molecule has 4 aromatic rings. The molecule has 0 spiro atoms. The van der Waals surface area contributed by atoms with Crippen LogP contribution in [0.4, 0.5) is 0 Å². The number of rotatable bonds is 12. The Labute approximate surface area is 232 Å². The monoisotopic (exact) mass is 564 g/mol. The van der Waals surface area contributed by atoms with E-state index in [0.717, 1.165) is 11.7 Å². The molecule has 1 heterocycles. The number of carboxylic acid groups (broad SMARTS) is 2. The molecule has 0 unspecified atom stereocenters. The zero-order valence-corrected chi connectivity index (χ0v) is 22.5. The van der Waals surface area contributed by atoms with Crippen molar-refractivity contribution in [3.05, 3.63) is 76.9 Å². The van der Waals surface area contributed by atoms with Crippen molar-refractivity contribution in [1.82, 2.24) is 8.75 Å². The Morgan fingerprint density at radius 2 is 1.50 bits per heavy atom. The molecule has 0 saturated heterocycles. The van der Waals surface area contributed by atoms with Crippen molar-refractivity contribution >= 4 is 46.1 Å². The summed E-state index contributed by atoms with van der Waals surface area (Å²) in [5.41, 5.74) is 1.52. The molecule has 12 heteroatoms. The SMILES string of the molecule is COc1ccc(CC(C(=O)c2ccc(OC)c(OC)c2)=C(C(=O)O)c2ccc3nsnc3c2)c(OCC(=O)O)c1. The maximum atomic E-state index is 14.0. The summed E-state index contributed by atoms with van der Waals surface area (Å²) in [5.74, 6) is -1.94. The number of benzene rings is 3. The highest BCUT2D eigenvalue weighted by atomic mass is 32.1. The molecular formula is C28H24N2O9S. The average molecular weight is 565 g/mol. The summed E-state index contributed by atoms with van der Waals surface area (Å²) in [5, 5.41) is 19.5. The summed E-state index contributed by atoms with van der Waals surface area (Å²) in [6.45, 7) is -0.651. The smallest absolute Gasteiger partial charge is 0.341 e. The van der Waals surface area contributed by atoms with Crippen LogP contribution in [0.2, 0.25) is 0 Å². The number of ether oxygens (including phenoxy) is 4. The number of Topliss-reactive ketones (excluding diaryl/α,β-unsaturated/α-hetero) is 1. The van der Waals surface area contributed by atoms with Crippen molar-refractivity contribution in [2.24, 2.45) is 0 Å². The summed E-state index contributed by atoms with van der Waals surface area (Å²) < 4.78 is 29.7. The predicted octanol–water partition coefficient (Wildman–Crippen LogP) is 4.14. The number of aliphatic carboxylic acids is 2. The number of hydrogen-bond acceptors (Lipinski definition) is 10. The first-order valence-corrected chi connectivity index (χ1v) is 12.5. The van der Waals surface area contributed by atoms with Crippen LogP contribution in [-0.2, 0) is 16.0 Å². The fraction of sp³-hybridized carbons (Fsp3) is 0.179. The van der Waals surface area contributed by atoms with Gasteiger partial charge in [0.25, 0.3) is 0 Å². The number of carbonyl (C=O) groups is 3. The van der Waals surface area contributed by atoms with Crippen LogP contribution in [0.25, 0.3) is 16.6 Å². The topological polar surface area (TPSA) is 154 Å². The summed E-state index contributed by atoms with van der Waals surface area (Å²) in [4.78, 5) is 38.0. The lowest BCUT2D eigenvalue weighted by Gasteiger charge is -2.17. The van der Waals surface area contributed by atoms with E-state index in [1.54, 1.807) is 36.4 Å². The third kappa shape index (κ3) is 6.02. The first-order chi connectivity index (χ1) is 19.2. The van der Waals surface area contributed by atoms with Gasteiger partial charge in [-0.3, -0.25) is 4.79 Å². The number of methoxy groups -OCH3 is 3. The molecule has 0 aliphatic heterocycles. The fourth-order valence-electron chi connectivity index (χ4n) is 4.07. The Hall–Kier alpha value is -4.97. The van der Waals surface area contributed by atoms with Crippen molar-refractivity contribution in [3.63, 3.8) is 0 Å². The Morgan fingerprint density at radius 3 is 2.17 bits per heavy atom. The molecule has 3 aromatic carbocycles. The standard InChI is InChI=1S/C28H24N2O9S/c1-36-18-7-4-15(23(13-18)39-14-25(31)32)10-19(27(33)17-6-9-22(37-2)24(12-17)38-3)26(28(34)35)16-5-8-20-21(11-16)30-40-29-20/h4-9,11-13H,10,14H2,1-3H3,(H,31,32)(H,34,35). The lowest BCUT2D eigenvalue weighted by Crippen LogP contribution is -2.15. The molecule has 0 amide bonds. The van der Waals surface area contributed by atoms with Gasteiger partial charge in [0.1, 0.15) is 22.5 Å². The number of fused-ring (bicyclic) bond motifs is 1. The zero-order valence-electron chi connectivity index (χ0n) is 21.7. The van der Waals surface area contributed by atoms with Crippen LogP contribution in [0.3, 0.4) is 0 Å². The molecule has 0 aliphatic carbocycles. The molecule has 0 fully saturated rings. The van der Waals surface area contributed by atoms with Crippen LogP contribution >= 0.6 is 11.7 Å². The van der Waals surface area contributed by atoms with Crippen LogP contribution in [0.5, 0.6) is 23.0 Å². The van der Waals surface area contributed by atoms with E-state index in [0.29, 0.717) is 28.1 Å². The van der Waals surface area contributed by atoms with Gasteiger partial charge >= 0.3 is 11.9 Å². The average Bonchev–Trinajstić information content (AvgIpc) is 3.43. The maximum absolute atomic E-state index is 14.0. The molecule has 0 atom stereocenters. The van der Waals surface area contributed by atoms with Crippen LogP contribution in [0.1, 0.15) is 21.5 Å². The molecule has 2 N–H and O–H groups in total. The largest absolute Gasteiger partial charge is 0.497 e. The highest BCUT2D eigenvalue weighted by Crippen LogP contribution is 2.34. The molecule has 0 bridgehead atoms. The molecule has 4 rings (SSSR count). The summed E-state index contributed by atoms with van der Waals surface area (Å²) in [6.07, 6.45) is -0.207. The van der Waals surface area contributed by atoms with Crippen LogP contribution in [0, 0.1) is 0 Å². The molecule has 206 valence electrons. The Kier molecular flexibility index (Phi) is 8.60. The van der Waals surface area contributed by atoms with Crippen molar-refractivity contribution in [2.75, 3.05) is 27.9 Å². The second-order valence-electron chi connectivity index (χ2n) is 8.36. The molecule has 0 saturated carbocycles. The van der Waals surface area contributed by atoms with Crippen LogP contribution in [0.15, 0.2) is 60.2 Å². The molecule has 0 radical (unpaired) electrons. The second kappa shape index (κ2) is 12.3. The predicted molar refractivity (Wildman–Crippen MR) is 146 cm³/mol. The van der Waals surface area contributed by atoms with Gasteiger partial charge < -0.3 is 29.2 Å². The van der Waals surface area contributed by atoms with Gasteiger partial charge in [-0.05, 0) is 47.5 Å². The number of carbonyl (C=O) groups excluding carboxylic acids is 1. The van der Waals surface area contributed by atoms with E-state index in [1.807, 2.05) is 0 Å². The normalized spacial score (nSPS) is 11.5. The van der Waals surface area contributed by atoms with E-state index in [2.05, 4.69) is 8.75 Å². The van der Waals surface area contributed by atoms with Gasteiger partial charge in [0.15, 0.2) is 23.9 Å². The summed E-state index contributed by atoms with van der Waals surface area (Å²) in [6, 6.07) is 13.9. The minimum atomic E-state index is -1.34. The first-order valence-electron chi connectivity index (χ1n) is 11.7. The van der Waals surface area contributed by atoms with Gasteiger partial charge in [-0.1, -0.05) is 12.1 Å². The quantitative estimate of drug-likeness (QED) is 0.188. The second-order valence-corrected chi connectivity index (χ2v) is 8.89. The highest BCUT2D eigenvalue weighted by Gasteiger charge is 2.26. The van der Waals surface area contributed by atoms with E-state index in [4.69, 9.17) is 24.1 Å². The number of ketones is 1. The number of allylic oxidation sites excluding steroid dienone is 1. The molecular weight excluding hydrogens is 540 g/mol. The van der Waals surface area contributed by atoms with Gasteiger partial charge in [0, 0.05) is 23.6 Å². The van der Waals surface area contributed by atoms with Crippen molar-refractivity contribution in [3.8, 4) is 23.0 Å². The summed E-state index contributed by atoms with van der Waals surface area (Å²) in [7, 11) is 4.32. The Morgan fingerprint density at radius 1 is 0.775 bits per heavy atom. The number of nitrogens with zero attached hydrogens (tertiary/aromatic N) is 2. The first kappa shape index (κ1) is 28.0.